The molecule has 2 nitrogen and oxygen atoms in total. The van der Waals surface area contributed by atoms with Crippen LogP contribution in [0.4, 0.5) is 0 Å². The minimum Gasteiger partial charge on any atom is -0.365 e. The van der Waals surface area contributed by atoms with Crippen LogP contribution in [-0.2, 0) is 0 Å². The van der Waals surface area contributed by atoms with Gasteiger partial charge in [-0.05, 0) is 12.1 Å². The number of hydrogen-bond acceptors (Lipinski definition) is 2. The highest BCUT2D eigenvalue weighted by atomic mass is 31.1. The summed E-state index contributed by atoms with van der Waals surface area (Å²) >= 11 is 0. The van der Waals surface area contributed by atoms with Crippen LogP contribution in [0.15, 0.2) is 24.3 Å². The summed E-state index contributed by atoms with van der Waals surface area (Å²) in [7, 11) is 0.231. The van der Waals surface area contributed by atoms with Gasteiger partial charge in [0.25, 0.3) is 0 Å². The van der Waals surface area contributed by atoms with Crippen LogP contribution in [-0.4, -0.2) is 22.4 Å². The van der Waals surface area contributed by atoms with Gasteiger partial charge in [0.2, 0.25) is 0 Å². The maximum Gasteiger partial charge on any atom is 0.167 e. The standard InChI is InChI=1S/C7H11O2P/c8-7(9)10-5-6-3-1-2-4-6/h1-4,6-10H,5H2. The first-order valence-corrected chi connectivity index (χ1v) is 4.52. The Morgan fingerprint density at radius 1 is 1.30 bits per heavy atom. The molecule has 0 aliphatic heterocycles. The summed E-state index contributed by atoms with van der Waals surface area (Å²) < 4.78 is 0. The molecule has 0 fully saturated rings. The van der Waals surface area contributed by atoms with Crippen molar-refractivity contribution in [3.05, 3.63) is 24.3 Å². The van der Waals surface area contributed by atoms with E-state index in [0.29, 0.717) is 5.92 Å². The largest absolute Gasteiger partial charge is 0.365 e. The molecule has 0 radical (unpaired) electrons. The minimum absolute atomic E-state index is 0.231. The zero-order chi connectivity index (χ0) is 7.40. The summed E-state index contributed by atoms with van der Waals surface area (Å²) in [4.78, 5) is 0. The van der Waals surface area contributed by atoms with Crippen LogP contribution in [0.5, 0.6) is 0 Å². The van der Waals surface area contributed by atoms with E-state index < -0.39 is 6.03 Å². The summed E-state index contributed by atoms with van der Waals surface area (Å²) in [5, 5.41) is 17.1. The maximum absolute atomic E-state index is 8.53. The van der Waals surface area contributed by atoms with Gasteiger partial charge in [0.05, 0.1) is 0 Å². The van der Waals surface area contributed by atoms with E-state index in [1.54, 1.807) is 0 Å². The van der Waals surface area contributed by atoms with E-state index in [1.807, 2.05) is 12.2 Å². The highest BCUT2D eigenvalue weighted by molar-refractivity contribution is 7.38. The van der Waals surface area contributed by atoms with Crippen LogP contribution in [0.1, 0.15) is 0 Å². The fraction of sp³-hybridized carbons (Fsp3) is 0.429. The second-order valence-corrected chi connectivity index (χ2v) is 3.55. The Kier molecular flexibility index (Phi) is 3.07. The fourth-order valence-corrected chi connectivity index (χ4v) is 1.61. The van der Waals surface area contributed by atoms with Gasteiger partial charge < -0.3 is 10.2 Å². The fourth-order valence-electron chi connectivity index (χ4n) is 0.855. The molecule has 1 unspecified atom stereocenters. The maximum atomic E-state index is 8.53. The van der Waals surface area contributed by atoms with Crippen LogP contribution < -0.4 is 0 Å². The third-order valence-corrected chi connectivity index (χ3v) is 2.44. The second kappa shape index (κ2) is 3.87. The summed E-state index contributed by atoms with van der Waals surface area (Å²) in [5.41, 5.74) is 0. The average Bonchev–Trinajstić information content (AvgIpc) is 2.34. The van der Waals surface area contributed by atoms with E-state index in [0.717, 1.165) is 6.16 Å². The second-order valence-electron chi connectivity index (χ2n) is 2.22. The molecule has 0 amide bonds. The topological polar surface area (TPSA) is 40.5 Å². The lowest BCUT2D eigenvalue weighted by molar-refractivity contribution is 0.0370. The third-order valence-electron chi connectivity index (χ3n) is 1.36. The van der Waals surface area contributed by atoms with E-state index in [2.05, 4.69) is 12.2 Å². The number of rotatable bonds is 3. The van der Waals surface area contributed by atoms with Crippen molar-refractivity contribution in [2.24, 2.45) is 5.92 Å². The van der Waals surface area contributed by atoms with Gasteiger partial charge in [-0.1, -0.05) is 32.9 Å². The van der Waals surface area contributed by atoms with E-state index >= 15 is 0 Å². The van der Waals surface area contributed by atoms with Gasteiger partial charge in [0.1, 0.15) is 0 Å². The molecule has 0 aromatic carbocycles. The van der Waals surface area contributed by atoms with Gasteiger partial charge in [-0.2, -0.15) is 0 Å². The Labute approximate surface area is 62.0 Å². The zero-order valence-electron chi connectivity index (χ0n) is 5.57. The highest BCUT2D eigenvalue weighted by Crippen LogP contribution is 2.22. The van der Waals surface area contributed by atoms with Crippen LogP contribution in [0.2, 0.25) is 0 Å². The van der Waals surface area contributed by atoms with Crippen molar-refractivity contribution in [2.45, 2.75) is 6.03 Å². The molecule has 0 saturated carbocycles. The summed E-state index contributed by atoms with van der Waals surface area (Å²) in [6.07, 6.45) is 8.95. The molecule has 56 valence electrons. The SMILES string of the molecule is OC(O)PCC1C=CC=C1. The molecule has 0 heterocycles. The monoisotopic (exact) mass is 158 g/mol. The Morgan fingerprint density at radius 2 is 1.90 bits per heavy atom. The van der Waals surface area contributed by atoms with E-state index in [-0.39, 0.29) is 8.58 Å². The molecule has 0 bridgehead atoms. The predicted molar refractivity (Wildman–Crippen MR) is 43.2 cm³/mol. The van der Waals surface area contributed by atoms with Crippen molar-refractivity contribution >= 4 is 8.58 Å². The quantitative estimate of drug-likeness (QED) is 0.468. The number of aliphatic hydroxyl groups is 2. The molecular formula is C7H11O2P. The molecule has 3 heteroatoms. The normalized spacial score (nSPS) is 18.7. The number of aliphatic hydroxyl groups excluding tert-OH is 1. The van der Waals surface area contributed by atoms with E-state index in [1.165, 1.54) is 0 Å². The lowest BCUT2D eigenvalue weighted by Crippen LogP contribution is -2.00. The Morgan fingerprint density at radius 3 is 2.40 bits per heavy atom. The van der Waals surface area contributed by atoms with Crippen LogP contribution >= 0.6 is 8.58 Å². The molecule has 1 atom stereocenters. The Balaban J connectivity index is 2.14. The van der Waals surface area contributed by atoms with Crippen LogP contribution in [0.25, 0.3) is 0 Å². The molecule has 1 aliphatic rings. The van der Waals surface area contributed by atoms with Gasteiger partial charge in [-0.15, -0.1) is 0 Å². The summed E-state index contributed by atoms with van der Waals surface area (Å²) in [5.74, 6) is 0.431. The van der Waals surface area contributed by atoms with Gasteiger partial charge >= 0.3 is 0 Å². The molecule has 0 aromatic heterocycles. The minimum atomic E-state index is -1.12. The van der Waals surface area contributed by atoms with Crippen molar-refractivity contribution in [1.82, 2.24) is 0 Å². The van der Waals surface area contributed by atoms with Crippen molar-refractivity contribution < 1.29 is 10.2 Å². The molecule has 0 spiro atoms. The molecule has 2 N–H and O–H groups in total. The first-order valence-electron chi connectivity index (χ1n) is 3.23. The Hall–Kier alpha value is -0.170. The van der Waals surface area contributed by atoms with E-state index in [9.17, 15) is 0 Å². The lowest BCUT2D eigenvalue weighted by Gasteiger charge is -2.05. The van der Waals surface area contributed by atoms with Gasteiger partial charge in [0, 0.05) is 0 Å². The Bertz CT molecular complexity index is 140. The first kappa shape index (κ1) is 7.93. The zero-order valence-corrected chi connectivity index (χ0v) is 6.57. The first-order chi connectivity index (χ1) is 4.79. The molecule has 0 saturated heterocycles. The highest BCUT2D eigenvalue weighted by Gasteiger charge is 2.05. The van der Waals surface area contributed by atoms with Gasteiger partial charge in [-0.25, -0.2) is 0 Å². The van der Waals surface area contributed by atoms with Gasteiger partial charge in [0.15, 0.2) is 6.03 Å². The van der Waals surface area contributed by atoms with Crippen molar-refractivity contribution in [2.75, 3.05) is 6.16 Å². The summed E-state index contributed by atoms with van der Waals surface area (Å²) in [6, 6.07) is -1.12. The van der Waals surface area contributed by atoms with Crippen molar-refractivity contribution in [1.29, 1.82) is 0 Å². The molecule has 1 aliphatic carbocycles. The number of allylic oxidation sites excluding steroid dienone is 4. The van der Waals surface area contributed by atoms with Crippen molar-refractivity contribution in [3.8, 4) is 0 Å². The molecular weight excluding hydrogens is 147 g/mol. The summed E-state index contributed by atoms with van der Waals surface area (Å²) in [6.45, 7) is 0. The van der Waals surface area contributed by atoms with Crippen LogP contribution in [0, 0.1) is 5.92 Å². The lowest BCUT2D eigenvalue weighted by atomic mass is 10.2. The predicted octanol–water partition coefficient (Wildman–Crippen LogP) is 0.675. The molecule has 10 heavy (non-hydrogen) atoms. The smallest absolute Gasteiger partial charge is 0.167 e. The van der Waals surface area contributed by atoms with Crippen LogP contribution in [0.3, 0.4) is 0 Å². The molecule has 0 aromatic rings. The number of hydrogen-bond donors (Lipinski definition) is 2. The average molecular weight is 158 g/mol. The van der Waals surface area contributed by atoms with Gasteiger partial charge in [-0.3, -0.25) is 0 Å². The third kappa shape index (κ3) is 2.61. The van der Waals surface area contributed by atoms with Crippen molar-refractivity contribution in [3.63, 3.8) is 0 Å². The van der Waals surface area contributed by atoms with E-state index in [4.69, 9.17) is 10.2 Å². The molecule has 1 rings (SSSR count).